The highest BCUT2D eigenvalue weighted by molar-refractivity contribution is 5.82. The monoisotopic (exact) mass is 454 g/mol. The Balaban J connectivity index is 1.73. The molecule has 0 fully saturated rings. The molecule has 10 nitrogen and oxygen atoms in total. The Hall–Kier alpha value is -4.54. The predicted molar refractivity (Wildman–Crippen MR) is 119 cm³/mol. The Morgan fingerprint density at radius 3 is 2.39 bits per heavy atom. The first-order valence-electron chi connectivity index (χ1n) is 9.73. The fraction of sp³-hybridized carbons (Fsp3) is 0.136. The molecule has 0 aromatic heterocycles. The quantitative estimate of drug-likeness (QED) is 0.257. The summed E-state index contributed by atoms with van der Waals surface area (Å²) < 4.78 is 24.4. The molecule has 0 spiro atoms. The molecule has 3 rings (SSSR count). The van der Waals surface area contributed by atoms with Crippen molar-refractivity contribution in [3.05, 3.63) is 97.8 Å². The zero-order valence-corrected chi connectivity index (χ0v) is 17.4. The number of ether oxygens (including phenoxy) is 2. The highest BCUT2D eigenvalue weighted by Crippen LogP contribution is 2.30. The van der Waals surface area contributed by atoms with E-state index in [1.54, 1.807) is 30.3 Å². The number of nitrogens with one attached hydrogen (secondary N) is 1. The first kappa shape index (κ1) is 23.1. The van der Waals surface area contributed by atoms with E-state index in [9.17, 15) is 24.6 Å². The maximum Gasteiger partial charge on any atom is 0.301 e. The fourth-order valence-corrected chi connectivity index (χ4v) is 2.79. The number of anilines is 1. The van der Waals surface area contributed by atoms with E-state index in [2.05, 4.69) is 10.5 Å². The molecular weight excluding hydrogens is 435 g/mol. The summed E-state index contributed by atoms with van der Waals surface area (Å²) >= 11 is 0. The molecule has 3 aromatic rings. The Kier molecular flexibility index (Phi) is 7.47. The van der Waals surface area contributed by atoms with Crippen LogP contribution >= 0.6 is 0 Å². The maximum atomic E-state index is 13.0. The summed E-state index contributed by atoms with van der Waals surface area (Å²) in [5.41, 5.74) is 3.07. The van der Waals surface area contributed by atoms with E-state index in [0.717, 1.165) is 17.7 Å². The fourth-order valence-electron chi connectivity index (χ4n) is 2.79. The minimum absolute atomic E-state index is 0.00568. The first-order chi connectivity index (χ1) is 15.9. The van der Waals surface area contributed by atoms with Gasteiger partial charge in [0, 0.05) is 6.07 Å². The van der Waals surface area contributed by atoms with Crippen LogP contribution in [0, 0.1) is 26.0 Å². The van der Waals surface area contributed by atoms with Gasteiger partial charge in [-0.1, -0.05) is 12.1 Å². The molecule has 0 saturated heterocycles. The summed E-state index contributed by atoms with van der Waals surface area (Å²) in [6.45, 7) is 2.43. The van der Waals surface area contributed by atoms with Crippen LogP contribution in [0.4, 0.5) is 21.5 Å². The van der Waals surface area contributed by atoms with E-state index in [-0.39, 0.29) is 18.1 Å². The molecule has 0 amide bonds. The summed E-state index contributed by atoms with van der Waals surface area (Å²) in [5, 5.41) is 26.0. The molecule has 0 aliphatic rings. The average molecular weight is 454 g/mol. The van der Waals surface area contributed by atoms with E-state index in [0.29, 0.717) is 23.7 Å². The van der Waals surface area contributed by atoms with Crippen LogP contribution in [0.25, 0.3) is 0 Å². The van der Waals surface area contributed by atoms with Gasteiger partial charge in [0.2, 0.25) is 0 Å². The van der Waals surface area contributed by atoms with Crippen LogP contribution in [0.3, 0.4) is 0 Å². The van der Waals surface area contributed by atoms with E-state index < -0.39 is 21.2 Å². The molecule has 0 aliphatic heterocycles. The molecule has 1 N–H and O–H groups in total. The molecular formula is C22H19FN4O6. The van der Waals surface area contributed by atoms with Gasteiger partial charge in [0.25, 0.3) is 5.69 Å². The third kappa shape index (κ3) is 6.23. The lowest BCUT2D eigenvalue weighted by molar-refractivity contribution is -0.393. The number of non-ortho nitro benzene ring substituents is 1. The molecule has 11 heteroatoms. The van der Waals surface area contributed by atoms with Crippen LogP contribution in [0.1, 0.15) is 18.1 Å². The van der Waals surface area contributed by atoms with Gasteiger partial charge < -0.3 is 9.47 Å². The number of rotatable bonds is 10. The van der Waals surface area contributed by atoms with Crippen LogP contribution in [0.15, 0.2) is 65.8 Å². The number of halogens is 1. The van der Waals surface area contributed by atoms with Gasteiger partial charge in [-0.3, -0.25) is 25.7 Å². The van der Waals surface area contributed by atoms with Crippen LogP contribution in [-0.4, -0.2) is 22.7 Å². The lowest BCUT2D eigenvalue weighted by Crippen LogP contribution is -2.01. The van der Waals surface area contributed by atoms with Crippen molar-refractivity contribution < 1.29 is 23.7 Å². The van der Waals surface area contributed by atoms with E-state index >= 15 is 0 Å². The third-order valence-corrected chi connectivity index (χ3v) is 4.36. The molecule has 33 heavy (non-hydrogen) atoms. The summed E-state index contributed by atoms with van der Waals surface area (Å²) in [6, 6.07) is 14.2. The highest BCUT2D eigenvalue weighted by atomic mass is 19.1. The molecule has 3 aromatic carbocycles. The summed E-state index contributed by atoms with van der Waals surface area (Å²) in [6.07, 6.45) is 1.41. The van der Waals surface area contributed by atoms with Crippen LogP contribution < -0.4 is 14.9 Å². The maximum absolute atomic E-state index is 13.0. The molecule has 0 heterocycles. The summed E-state index contributed by atoms with van der Waals surface area (Å²) in [4.78, 5) is 20.6. The largest absolute Gasteiger partial charge is 0.490 e. The summed E-state index contributed by atoms with van der Waals surface area (Å²) in [7, 11) is 0. The average Bonchev–Trinajstić information content (AvgIpc) is 2.79. The second-order valence-corrected chi connectivity index (χ2v) is 6.64. The number of nitrogens with zero attached hydrogens (tertiary/aromatic N) is 3. The molecule has 0 aliphatic carbocycles. The summed E-state index contributed by atoms with van der Waals surface area (Å²) in [5.74, 6) is 0.618. The number of benzene rings is 3. The van der Waals surface area contributed by atoms with E-state index in [1.807, 2.05) is 6.92 Å². The van der Waals surface area contributed by atoms with Crippen molar-refractivity contribution in [2.45, 2.75) is 13.5 Å². The SMILES string of the molecule is CCOc1cc(/C=N\Nc2ccc([N+](=O)[O-])cc2[N+](=O)[O-])ccc1OCc1ccc(F)cc1. The minimum Gasteiger partial charge on any atom is -0.490 e. The van der Waals surface area contributed by atoms with Gasteiger partial charge in [0.05, 0.1) is 28.7 Å². The number of hydrazone groups is 1. The van der Waals surface area contributed by atoms with Gasteiger partial charge in [-0.15, -0.1) is 0 Å². The molecule has 0 saturated carbocycles. The highest BCUT2D eigenvalue weighted by Gasteiger charge is 2.19. The van der Waals surface area contributed by atoms with Gasteiger partial charge in [0.15, 0.2) is 11.5 Å². The van der Waals surface area contributed by atoms with Gasteiger partial charge in [-0.05, 0) is 54.4 Å². The smallest absolute Gasteiger partial charge is 0.301 e. The number of nitro groups is 2. The van der Waals surface area contributed by atoms with E-state index in [4.69, 9.17) is 9.47 Å². The Bertz CT molecular complexity index is 1180. The van der Waals surface area contributed by atoms with Gasteiger partial charge >= 0.3 is 5.69 Å². The number of hydrogen-bond acceptors (Lipinski definition) is 8. The third-order valence-electron chi connectivity index (χ3n) is 4.36. The topological polar surface area (TPSA) is 129 Å². The van der Waals surface area contributed by atoms with Crippen molar-refractivity contribution in [2.75, 3.05) is 12.0 Å². The second-order valence-electron chi connectivity index (χ2n) is 6.64. The standard InChI is InChI=1S/C22H19FN4O6/c1-2-32-22-11-16(5-10-21(22)33-14-15-3-6-17(23)7-4-15)13-24-25-19-9-8-18(26(28)29)12-20(19)27(30)31/h3-13,25H,2,14H2,1H3/b24-13-. The Morgan fingerprint density at radius 1 is 0.970 bits per heavy atom. The Morgan fingerprint density at radius 2 is 1.73 bits per heavy atom. The van der Waals surface area contributed by atoms with Crippen molar-refractivity contribution in [2.24, 2.45) is 5.10 Å². The van der Waals surface area contributed by atoms with Crippen molar-refractivity contribution in [3.63, 3.8) is 0 Å². The lowest BCUT2D eigenvalue weighted by Gasteiger charge is -2.12. The molecule has 170 valence electrons. The van der Waals surface area contributed by atoms with E-state index in [1.165, 1.54) is 24.4 Å². The predicted octanol–water partition coefficient (Wildman–Crippen LogP) is 5.07. The van der Waals surface area contributed by atoms with Crippen LogP contribution in [-0.2, 0) is 6.61 Å². The number of hydrogen-bond donors (Lipinski definition) is 1. The van der Waals surface area contributed by atoms with Crippen molar-refractivity contribution in [3.8, 4) is 11.5 Å². The van der Waals surface area contributed by atoms with Crippen molar-refractivity contribution in [1.29, 1.82) is 0 Å². The van der Waals surface area contributed by atoms with Crippen molar-refractivity contribution >= 4 is 23.3 Å². The zero-order valence-electron chi connectivity index (χ0n) is 17.4. The van der Waals surface area contributed by atoms with Gasteiger partial charge in [-0.25, -0.2) is 4.39 Å². The minimum atomic E-state index is -0.731. The van der Waals surface area contributed by atoms with Crippen LogP contribution in [0.5, 0.6) is 11.5 Å². The van der Waals surface area contributed by atoms with Crippen molar-refractivity contribution in [1.82, 2.24) is 0 Å². The lowest BCUT2D eigenvalue weighted by atomic mass is 10.2. The Labute approximate surface area is 187 Å². The second kappa shape index (κ2) is 10.7. The zero-order chi connectivity index (χ0) is 23.8. The molecule has 0 bridgehead atoms. The molecule has 0 radical (unpaired) electrons. The molecule has 0 unspecified atom stereocenters. The number of nitro benzene ring substituents is 2. The van der Waals surface area contributed by atoms with Gasteiger partial charge in [0.1, 0.15) is 18.1 Å². The normalized spacial score (nSPS) is 10.7. The first-order valence-corrected chi connectivity index (χ1v) is 9.73. The van der Waals surface area contributed by atoms with Gasteiger partial charge in [-0.2, -0.15) is 5.10 Å². The van der Waals surface area contributed by atoms with Crippen LogP contribution in [0.2, 0.25) is 0 Å². The molecule has 0 atom stereocenters.